The third-order valence-electron chi connectivity index (χ3n) is 2.66. The van der Waals surface area contributed by atoms with Gasteiger partial charge in [0.25, 0.3) is 0 Å². The van der Waals surface area contributed by atoms with Crippen LogP contribution in [0, 0.1) is 18.3 Å². The van der Waals surface area contributed by atoms with Crippen LogP contribution in [0.4, 0.5) is 0 Å². The lowest BCUT2D eigenvalue weighted by Crippen LogP contribution is -2.05. The minimum absolute atomic E-state index is 0.962. The Labute approximate surface area is 58.7 Å². The van der Waals surface area contributed by atoms with E-state index in [4.69, 9.17) is 0 Å². The predicted molar refractivity (Wildman–Crippen MR) is 41.1 cm³/mol. The Morgan fingerprint density at radius 2 is 2.44 bits per heavy atom. The Hall–Kier alpha value is 0. The van der Waals surface area contributed by atoms with Gasteiger partial charge >= 0.3 is 0 Å². The lowest BCUT2D eigenvalue weighted by molar-refractivity contribution is 0.361. The molecule has 0 saturated heterocycles. The summed E-state index contributed by atoms with van der Waals surface area (Å²) in [5.74, 6) is 1.98. The van der Waals surface area contributed by atoms with Crippen LogP contribution in [0.15, 0.2) is 0 Å². The number of hydrogen-bond acceptors (Lipinski definition) is 0. The third kappa shape index (κ3) is 1.70. The summed E-state index contributed by atoms with van der Waals surface area (Å²) in [6.45, 7) is 4.67. The van der Waals surface area contributed by atoms with E-state index in [0.717, 1.165) is 11.8 Å². The van der Waals surface area contributed by atoms with Crippen LogP contribution in [0.5, 0.6) is 0 Å². The summed E-state index contributed by atoms with van der Waals surface area (Å²) in [5, 5.41) is 0. The third-order valence-corrected chi connectivity index (χ3v) is 2.66. The molecular weight excluding hydrogens is 108 g/mol. The molecule has 1 aliphatic rings. The second kappa shape index (κ2) is 3.24. The van der Waals surface area contributed by atoms with Crippen molar-refractivity contribution in [3.05, 3.63) is 6.42 Å². The molecule has 53 valence electrons. The second-order valence-electron chi connectivity index (χ2n) is 3.25. The maximum absolute atomic E-state index is 2.44. The van der Waals surface area contributed by atoms with Crippen molar-refractivity contribution in [2.24, 2.45) is 11.8 Å². The molecule has 0 aromatic carbocycles. The quantitative estimate of drug-likeness (QED) is 0.532. The molecule has 0 nitrogen and oxygen atoms in total. The summed E-state index contributed by atoms with van der Waals surface area (Å²) in [5.41, 5.74) is 0. The predicted octanol–water partition coefficient (Wildman–Crippen LogP) is 3.04. The van der Waals surface area contributed by atoms with E-state index < -0.39 is 0 Å². The van der Waals surface area contributed by atoms with Crippen molar-refractivity contribution in [1.82, 2.24) is 0 Å². The lowest BCUT2D eigenvalue weighted by atomic mass is 9.91. The van der Waals surface area contributed by atoms with Crippen LogP contribution < -0.4 is 0 Å². The molecule has 0 heterocycles. The van der Waals surface area contributed by atoms with Crippen LogP contribution in [-0.4, -0.2) is 0 Å². The van der Waals surface area contributed by atoms with E-state index in [0.29, 0.717) is 0 Å². The van der Waals surface area contributed by atoms with Crippen molar-refractivity contribution in [2.45, 2.75) is 39.5 Å². The zero-order chi connectivity index (χ0) is 6.69. The highest BCUT2D eigenvalue weighted by Gasteiger charge is 2.19. The van der Waals surface area contributed by atoms with Gasteiger partial charge in [0.1, 0.15) is 0 Å². The normalized spacial score (nSPS) is 24.7. The van der Waals surface area contributed by atoms with Gasteiger partial charge in [0.05, 0.1) is 0 Å². The fourth-order valence-electron chi connectivity index (χ4n) is 1.63. The first-order valence-electron chi connectivity index (χ1n) is 4.16. The fraction of sp³-hybridized carbons (Fsp3) is 0.889. The van der Waals surface area contributed by atoms with E-state index in [-0.39, 0.29) is 0 Å². The van der Waals surface area contributed by atoms with Gasteiger partial charge < -0.3 is 0 Å². The van der Waals surface area contributed by atoms with E-state index >= 15 is 0 Å². The molecule has 0 spiro atoms. The summed E-state index contributed by atoms with van der Waals surface area (Å²) in [6, 6.07) is 0. The summed E-state index contributed by atoms with van der Waals surface area (Å²) in [6.07, 6.45) is 8.01. The Bertz CT molecular complexity index is 70.1. The Morgan fingerprint density at radius 1 is 1.67 bits per heavy atom. The fourth-order valence-corrected chi connectivity index (χ4v) is 1.63. The Morgan fingerprint density at radius 3 is 2.89 bits per heavy atom. The molecule has 1 radical (unpaired) electrons. The van der Waals surface area contributed by atoms with Crippen LogP contribution >= 0.6 is 0 Å². The van der Waals surface area contributed by atoms with Crippen LogP contribution in [0.3, 0.4) is 0 Å². The highest BCUT2D eigenvalue weighted by atomic mass is 14.2. The zero-order valence-electron chi connectivity index (χ0n) is 6.56. The second-order valence-corrected chi connectivity index (χ2v) is 3.25. The van der Waals surface area contributed by atoms with Gasteiger partial charge in [0.2, 0.25) is 0 Å². The molecule has 1 fully saturated rings. The van der Waals surface area contributed by atoms with E-state index in [1.165, 1.54) is 25.7 Å². The molecule has 0 bridgehead atoms. The monoisotopic (exact) mass is 125 g/mol. The van der Waals surface area contributed by atoms with Crippen LogP contribution in [0.1, 0.15) is 39.5 Å². The summed E-state index contributed by atoms with van der Waals surface area (Å²) in [4.78, 5) is 0. The smallest absolute Gasteiger partial charge is 0.0383 e. The molecule has 1 saturated carbocycles. The number of rotatable bonds is 2. The van der Waals surface area contributed by atoms with Gasteiger partial charge in [-0.1, -0.05) is 20.3 Å². The van der Waals surface area contributed by atoms with E-state index in [2.05, 4.69) is 20.3 Å². The number of hydrogen-bond donors (Lipinski definition) is 0. The first-order valence-corrected chi connectivity index (χ1v) is 4.16. The average molecular weight is 125 g/mol. The molecule has 1 aliphatic carbocycles. The SMILES string of the molecule is CCC(C)C1C[CH]CC1. The van der Waals surface area contributed by atoms with Crippen molar-refractivity contribution >= 4 is 0 Å². The van der Waals surface area contributed by atoms with Crippen LogP contribution in [0.25, 0.3) is 0 Å². The topological polar surface area (TPSA) is 0 Å². The minimum Gasteiger partial charge on any atom is -0.0651 e. The van der Waals surface area contributed by atoms with Gasteiger partial charge in [-0.3, -0.25) is 0 Å². The molecule has 0 N–H and O–H groups in total. The van der Waals surface area contributed by atoms with Gasteiger partial charge in [-0.15, -0.1) is 0 Å². The van der Waals surface area contributed by atoms with Gasteiger partial charge in [-0.25, -0.2) is 0 Å². The van der Waals surface area contributed by atoms with Crippen molar-refractivity contribution in [1.29, 1.82) is 0 Å². The molecular formula is C9H17. The van der Waals surface area contributed by atoms with E-state index in [9.17, 15) is 0 Å². The van der Waals surface area contributed by atoms with Crippen molar-refractivity contribution < 1.29 is 0 Å². The van der Waals surface area contributed by atoms with Gasteiger partial charge in [0.15, 0.2) is 0 Å². The molecule has 0 aromatic rings. The molecule has 0 aliphatic heterocycles. The van der Waals surface area contributed by atoms with Crippen molar-refractivity contribution in [3.63, 3.8) is 0 Å². The van der Waals surface area contributed by atoms with E-state index in [1.54, 1.807) is 0 Å². The summed E-state index contributed by atoms with van der Waals surface area (Å²) < 4.78 is 0. The van der Waals surface area contributed by atoms with Crippen LogP contribution in [-0.2, 0) is 0 Å². The van der Waals surface area contributed by atoms with E-state index in [1.807, 2.05) is 0 Å². The highest BCUT2D eigenvalue weighted by Crippen LogP contribution is 2.31. The molecule has 2 unspecified atom stereocenters. The average Bonchev–Trinajstić information content (AvgIpc) is 2.37. The minimum atomic E-state index is 0.962. The maximum atomic E-state index is 2.44. The molecule has 1 rings (SSSR count). The largest absolute Gasteiger partial charge is 0.0651 e. The van der Waals surface area contributed by atoms with Gasteiger partial charge in [-0.2, -0.15) is 0 Å². The summed E-state index contributed by atoms with van der Waals surface area (Å²) >= 11 is 0. The summed E-state index contributed by atoms with van der Waals surface area (Å²) in [7, 11) is 0. The Kier molecular flexibility index (Phi) is 2.56. The molecule has 0 amide bonds. The lowest BCUT2D eigenvalue weighted by Gasteiger charge is -2.15. The van der Waals surface area contributed by atoms with Crippen LogP contribution in [0.2, 0.25) is 0 Å². The maximum Gasteiger partial charge on any atom is -0.0383 e. The van der Waals surface area contributed by atoms with Gasteiger partial charge in [0, 0.05) is 0 Å². The highest BCUT2D eigenvalue weighted by molar-refractivity contribution is 4.82. The van der Waals surface area contributed by atoms with Gasteiger partial charge in [-0.05, 0) is 37.5 Å². The molecule has 0 heteroatoms. The zero-order valence-corrected chi connectivity index (χ0v) is 6.56. The molecule has 0 aromatic heterocycles. The molecule has 2 atom stereocenters. The molecule has 9 heavy (non-hydrogen) atoms. The van der Waals surface area contributed by atoms with Crippen molar-refractivity contribution in [2.75, 3.05) is 0 Å². The Balaban J connectivity index is 2.24. The van der Waals surface area contributed by atoms with Crippen molar-refractivity contribution in [3.8, 4) is 0 Å². The first kappa shape index (κ1) is 7.11. The first-order chi connectivity index (χ1) is 4.34. The standard InChI is InChI=1S/C9H17/c1-3-8(2)9-6-4-5-7-9/h4,8-9H,3,5-7H2,1-2H3.